The van der Waals surface area contributed by atoms with Crippen LogP contribution < -0.4 is 4.74 Å². The Labute approximate surface area is 183 Å². The molecule has 0 saturated heterocycles. The van der Waals surface area contributed by atoms with Crippen molar-refractivity contribution in [2.24, 2.45) is 5.92 Å². The SMILES string of the molecule is CCCN(C)C[C@@H]1Oc2ncc(-c3ccccc3F)cc2C(=O)N([C@H](C)CO)C[C@H]1C. The van der Waals surface area contributed by atoms with Crippen molar-refractivity contribution in [2.45, 2.75) is 39.3 Å². The molecule has 0 spiro atoms. The van der Waals surface area contributed by atoms with Crippen LogP contribution in [-0.4, -0.2) is 71.2 Å². The van der Waals surface area contributed by atoms with Crippen LogP contribution in [-0.2, 0) is 0 Å². The predicted octanol–water partition coefficient (Wildman–Crippen LogP) is 3.45. The Hall–Kier alpha value is -2.51. The number of benzene rings is 1. The molecule has 0 bridgehead atoms. The molecule has 168 valence electrons. The Balaban J connectivity index is 2.04. The van der Waals surface area contributed by atoms with Crippen LogP contribution in [0, 0.1) is 11.7 Å². The van der Waals surface area contributed by atoms with Gasteiger partial charge < -0.3 is 19.6 Å². The molecule has 1 aliphatic rings. The lowest BCUT2D eigenvalue weighted by molar-refractivity contribution is 0.0331. The molecule has 1 amide bonds. The summed E-state index contributed by atoms with van der Waals surface area (Å²) < 4.78 is 20.6. The van der Waals surface area contributed by atoms with Gasteiger partial charge in [0.25, 0.3) is 5.91 Å². The summed E-state index contributed by atoms with van der Waals surface area (Å²) in [5, 5.41) is 9.75. The number of aliphatic hydroxyl groups excluding tert-OH is 1. The second kappa shape index (κ2) is 10.2. The Kier molecular flexibility index (Phi) is 7.62. The highest BCUT2D eigenvalue weighted by Gasteiger charge is 2.34. The second-order valence-corrected chi connectivity index (χ2v) is 8.44. The number of hydrogen-bond acceptors (Lipinski definition) is 5. The highest BCUT2D eigenvalue weighted by molar-refractivity contribution is 5.98. The number of carbonyl (C=O) groups is 1. The number of halogens is 1. The lowest BCUT2D eigenvalue weighted by Gasteiger charge is -2.37. The molecule has 3 atom stereocenters. The largest absolute Gasteiger partial charge is 0.472 e. The average molecular weight is 430 g/mol. The molecular formula is C24H32FN3O3. The zero-order valence-electron chi connectivity index (χ0n) is 18.7. The molecule has 1 N–H and O–H groups in total. The maximum atomic E-state index is 14.3. The maximum Gasteiger partial charge on any atom is 0.259 e. The Morgan fingerprint density at radius 3 is 2.77 bits per heavy atom. The minimum atomic E-state index is -0.378. The molecule has 2 heterocycles. The van der Waals surface area contributed by atoms with E-state index in [4.69, 9.17) is 4.74 Å². The molecule has 6 nitrogen and oxygen atoms in total. The number of likely N-dealkylation sites (N-methyl/N-ethyl adjacent to an activating group) is 1. The number of hydrogen-bond donors (Lipinski definition) is 1. The van der Waals surface area contributed by atoms with Crippen molar-refractivity contribution in [3.8, 4) is 17.0 Å². The van der Waals surface area contributed by atoms with Crippen LogP contribution in [0.25, 0.3) is 11.1 Å². The minimum Gasteiger partial charge on any atom is -0.472 e. The highest BCUT2D eigenvalue weighted by atomic mass is 19.1. The van der Waals surface area contributed by atoms with E-state index in [2.05, 4.69) is 16.8 Å². The van der Waals surface area contributed by atoms with Gasteiger partial charge in [-0.05, 0) is 39.1 Å². The van der Waals surface area contributed by atoms with Gasteiger partial charge in [0.15, 0.2) is 0 Å². The van der Waals surface area contributed by atoms with Crippen LogP contribution in [0.4, 0.5) is 4.39 Å². The fourth-order valence-corrected chi connectivity index (χ4v) is 3.94. The third-order valence-corrected chi connectivity index (χ3v) is 5.80. The summed E-state index contributed by atoms with van der Waals surface area (Å²) in [7, 11) is 2.05. The predicted molar refractivity (Wildman–Crippen MR) is 119 cm³/mol. The van der Waals surface area contributed by atoms with Crippen molar-refractivity contribution in [3.05, 3.63) is 47.9 Å². The molecule has 3 rings (SSSR count). The standard InChI is InChI=1S/C24H32FN3O3/c1-5-10-27(4)14-22-16(2)13-28(17(3)15-29)24(30)20-11-18(12-26-23(20)31-22)19-8-6-7-9-21(19)25/h6-9,11-12,16-17,22,29H,5,10,13-15H2,1-4H3/t16-,17-,22+/m1/s1. The van der Waals surface area contributed by atoms with Gasteiger partial charge >= 0.3 is 0 Å². The van der Waals surface area contributed by atoms with Crippen molar-refractivity contribution in [2.75, 3.05) is 33.3 Å². The molecule has 31 heavy (non-hydrogen) atoms. The summed E-state index contributed by atoms with van der Waals surface area (Å²) in [6.45, 7) is 7.94. The van der Waals surface area contributed by atoms with Crippen molar-refractivity contribution < 1.29 is 19.0 Å². The maximum absolute atomic E-state index is 14.3. The fourth-order valence-electron chi connectivity index (χ4n) is 3.94. The van der Waals surface area contributed by atoms with E-state index in [9.17, 15) is 14.3 Å². The summed E-state index contributed by atoms with van der Waals surface area (Å²) in [6.07, 6.45) is 2.40. The van der Waals surface area contributed by atoms with Gasteiger partial charge in [-0.2, -0.15) is 0 Å². The first-order valence-corrected chi connectivity index (χ1v) is 10.9. The molecule has 7 heteroatoms. The topological polar surface area (TPSA) is 65.9 Å². The second-order valence-electron chi connectivity index (χ2n) is 8.44. The zero-order valence-corrected chi connectivity index (χ0v) is 18.7. The van der Waals surface area contributed by atoms with E-state index >= 15 is 0 Å². The van der Waals surface area contributed by atoms with Gasteiger partial charge in [0.2, 0.25) is 5.88 Å². The van der Waals surface area contributed by atoms with Gasteiger partial charge in [-0.15, -0.1) is 0 Å². The molecule has 2 aromatic rings. The summed E-state index contributed by atoms with van der Waals surface area (Å²) >= 11 is 0. The first-order chi connectivity index (χ1) is 14.8. The number of ether oxygens (including phenoxy) is 1. The van der Waals surface area contributed by atoms with Gasteiger partial charge in [0.1, 0.15) is 17.5 Å². The smallest absolute Gasteiger partial charge is 0.259 e. The molecule has 1 aromatic carbocycles. The molecule has 0 aliphatic carbocycles. The zero-order chi connectivity index (χ0) is 22.5. The molecule has 1 aliphatic heterocycles. The number of carbonyl (C=O) groups excluding carboxylic acids is 1. The Morgan fingerprint density at radius 1 is 1.35 bits per heavy atom. The van der Waals surface area contributed by atoms with Crippen molar-refractivity contribution in [1.82, 2.24) is 14.8 Å². The lowest BCUT2D eigenvalue weighted by Crippen LogP contribution is -2.50. The summed E-state index contributed by atoms with van der Waals surface area (Å²) in [5.74, 6) is -0.355. The third kappa shape index (κ3) is 5.22. The van der Waals surface area contributed by atoms with Crippen LogP contribution in [0.1, 0.15) is 37.6 Å². The molecule has 0 unspecified atom stereocenters. The number of rotatable bonds is 7. The van der Waals surface area contributed by atoms with Gasteiger partial charge in [-0.3, -0.25) is 4.79 Å². The van der Waals surface area contributed by atoms with E-state index in [1.807, 2.05) is 20.9 Å². The number of amides is 1. The first-order valence-electron chi connectivity index (χ1n) is 10.9. The van der Waals surface area contributed by atoms with Crippen molar-refractivity contribution in [3.63, 3.8) is 0 Å². The van der Waals surface area contributed by atoms with Gasteiger partial charge in [-0.1, -0.05) is 32.0 Å². The molecule has 0 saturated carbocycles. The number of nitrogens with zero attached hydrogens (tertiary/aromatic N) is 3. The van der Waals surface area contributed by atoms with E-state index < -0.39 is 0 Å². The van der Waals surface area contributed by atoms with Gasteiger partial charge in [-0.25, -0.2) is 9.37 Å². The quantitative estimate of drug-likeness (QED) is 0.730. The number of fused-ring (bicyclic) bond motifs is 1. The lowest BCUT2D eigenvalue weighted by atomic mass is 9.99. The molecular weight excluding hydrogens is 397 g/mol. The van der Waals surface area contributed by atoms with Crippen LogP contribution in [0.3, 0.4) is 0 Å². The highest BCUT2D eigenvalue weighted by Crippen LogP contribution is 2.31. The number of aromatic nitrogens is 1. The minimum absolute atomic E-state index is 0.0402. The first kappa shape index (κ1) is 23.2. The van der Waals surface area contributed by atoms with Gasteiger partial charge in [0, 0.05) is 36.3 Å². The van der Waals surface area contributed by atoms with E-state index in [0.29, 0.717) is 24.2 Å². The van der Waals surface area contributed by atoms with Crippen LogP contribution in [0.2, 0.25) is 0 Å². The molecule has 1 aromatic heterocycles. The van der Waals surface area contributed by atoms with E-state index in [1.54, 1.807) is 35.4 Å². The average Bonchev–Trinajstić information content (AvgIpc) is 2.76. The van der Waals surface area contributed by atoms with Crippen molar-refractivity contribution in [1.29, 1.82) is 0 Å². The Morgan fingerprint density at radius 2 is 2.10 bits per heavy atom. The van der Waals surface area contributed by atoms with Crippen LogP contribution in [0.15, 0.2) is 36.5 Å². The van der Waals surface area contributed by atoms with E-state index in [0.717, 1.165) is 13.0 Å². The number of pyridine rings is 1. The normalized spacial score (nSPS) is 20.1. The van der Waals surface area contributed by atoms with Gasteiger partial charge in [0.05, 0.1) is 12.6 Å². The van der Waals surface area contributed by atoms with Crippen LogP contribution >= 0.6 is 0 Å². The molecule has 0 radical (unpaired) electrons. The Bertz CT molecular complexity index is 907. The summed E-state index contributed by atoms with van der Waals surface area (Å²) in [4.78, 5) is 21.7. The van der Waals surface area contributed by atoms with E-state index in [1.165, 1.54) is 6.07 Å². The summed E-state index contributed by atoms with van der Waals surface area (Å²) in [5.41, 5.74) is 1.18. The monoisotopic (exact) mass is 429 g/mol. The van der Waals surface area contributed by atoms with Crippen LogP contribution in [0.5, 0.6) is 5.88 Å². The number of aliphatic hydroxyl groups is 1. The summed E-state index contributed by atoms with van der Waals surface area (Å²) in [6, 6.07) is 7.69. The third-order valence-electron chi connectivity index (χ3n) is 5.80. The van der Waals surface area contributed by atoms with E-state index in [-0.39, 0.29) is 47.8 Å². The molecule has 0 fully saturated rings. The fraction of sp³-hybridized carbons (Fsp3) is 0.500. The van der Waals surface area contributed by atoms with Crippen molar-refractivity contribution >= 4 is 5.91 Å².